The van der Waals surface area contributed by atoms with Crippen LogP contribution in [0.3, 0.4) is 0 Å². The number of amides is 1. The fourth-order valence-corrected chi connectivity index (χ4v) is 2.16. The summed E-state index contributed by atoms with van der Waals surface area (Å²) in [7, 11) is 0. The third-order valence-electron chi connectivity index (χ3n) is 3.21. The van der Waals surface area contributed by atoms with Gasteiger partial charge in [0.05, 0.1) is 0 Å². The van der Waals surface area contributed by atoms with Gasteiger partial charge in [0, 0.05) is 10.7 Å². The maximum absolute atomic E-state index is 12.8. The molecule has 1 amide bonds. The largest absolute Gasteiger partial charge is 0.417 e. The van der Waals surface area contributed by atoms with Gasteiger partial charge >= 0.3 is 6.09 Å². The van der Waals surface area contributed by atoms with Gasteiger partial charge in [0.15, 0.2) is 0 Å². The van der Waals surface area contributed by atoms with Gasteiger partial charge in [-0.3, -0.25) is 5.32 Å². The van der Waals surface area contributed by atoms with Crippen molar-refractivity contribution >= 4 is 23.4 Å². The van der Waals surface area contributed by atoms with Gasteiger partial charge in [-0.2, -0.15) is 0 Å². The van der Waals surface area contributed by atoms with Crippen LogP contribution in [0.1, 0.15) is 30.9 Å². The molecule has 22 heavy (non-hydrogen) atoms. The van der Waals surface area contributed by atoms with Crippen LogP contribution >= 0.6 is 11.6 Å². The Morgan fingerprint density at radius 2 is 1.86 bits per heavy atom. The topological polar surface area (TPSA) is 38.3 Å². The molecular weight excluding hydrogens is 305 g/mol. The van der Waals surface area contributed by atoms with Gasteiger partial charge in [0.2, 0.25) is 0 Å². The lowest BCUT2D eigenvalue weighted by atomic mass is 10.0. The predicted molar refractivity (Wildman–Crippen MR) is 86.3 cm³/mol. The highest BCUT2D eigenvalue weighted by atomic mass is 35.5. The summed E-state index contributed by atoms with van der Waals surface area (Å²) in [6.07, 6.45) is -0.629. The van der Waals surface area contributed by atoms with E-state index in [9.17, 15) is 9.18 Å². The molecule has 0 aliphatic carbocycles. The van der Waals surface area contributed by atoms with E-state index in [0.717, 1.165) is 11.1 Å². The molecule has 5 heteroatoms. The van der Waals surface area contributed by atoms with Crippen molar-refractivity contribution < 1.29 is 13.9 Å². The Morgan fingerprint density at radius 3 is 2.45 bits per heavy atom. The summed E-state index contributed by atoms with van der Waals surface area (Å²) in [6.45, 7) is 5.83. The van der Waals surface area contributed by atoms with Crippen LogP contribution in [0.4, 0.5) is 14.9 Å². The van der Waals surface area contributed by atoms with Crippen molar-refractivity contribution in [2.75, 3.05) is 5.32 Å². The number of benzene rings is 2. The molecule has 2 aromatic carbocycles. The minimum absolute atomic E-state index is 0.159. The van der Waals surface area contributed by atoms with E-state index < -0.39 is 6.09 Å². The fraction of sp³-hybridized carbons (Fsp3) is 0.235. The number of carbonyl (C=O) groups is 1. The van der Waals surface area contributed by atoms with Crippen LogP contribution < -0.4 is 10.1 Å². The smallest absolute Gasteiger partial charge is 0.410 e. The molecule has 3 nitrogen and oxygen atoms in total. The zero-order valence-electron chi connectivity index (χ0n) is 12.6. The minimum Gasteiger partial charge on any atom is -0.410 e. The van der Waals surface area contributed by atoms with Gasteiger partial charge in [-0.1, -0.05) is 25.4 Å². The van der Waals surface area contributed by atoms with Crippen LogP contribution in [0.25, 0.3) is 0 Å². The van der Waals surface area contributed by atoms with Crippen LogP contribution in [0.5, 0.6) is 5.75 Å². The van der Waals surface area contributed by atoms with Crippen LogP contribution in [0, 0.1) is 12.7 Å². The van der Waals surface area contributed by atoms with E-state index in [1.807, 2.05) is 26.8 Å². The number of halogens is 2. The lowest BCUT2D eigenvalue weighted by Crippen LogP contribution is -2.17. The van der Waals surface area contributed by atoms with E-state index in [1.165, 1.54) is 24.3 Å². The highest BCUT2D eigenvalue weighted by Crippen LogP contribution is 2.32. The minimum atomic E-state index is -0.629. The fourth-order valence-electron chi connectivity index (χ4n) is 1.99. The summed E-state index contributed by atoms with van der Waals surface area (Å²) in [5, 5.41) is 3.19. The number of aryl methyl sites for hydroxylation is 1. The quantitative estimate of drug-likeness (QED) is 0.808. The van der Waals surface area contributed by atoms with Crippen molar-refractivity contribution in [2.24, 2.45) is 0 Å². The molecule has 0 unspecified atom stereocenters. The van der Waals surface area contributed by atoms with Crippen molar-refractivity contribution in [2.45, 2.75) is 26.7 Å². The van der Waals surface area contributed by atoms with E-state index in [-0.39, 0.29) is 11.7 Å². The van der Waals surface area contributed by atoms with Crippen molar-refractivity contribution in [1.82, 2.24) is 0 Å². The molecule has 0 heterocycles. The van der Waals surface area contributed by atoms with Gasteiger partial charge < -0.3 is 4.74 Å². The van der Waals surface area contributed by atoms with Crippen molar-refractivity contribution in [3.8, 4) is 5.75 Å². The van der Waals surface area contributed by atoms with E-state index in [0.29, 0.717) is 16.5 Å². The molecule has 0 saturated heterocycles. The van der Waals surface area contributed by atoms with Gasteiger partial charge in [-0.15, -0.1) is 0 Å². The van der Waals surface area contributed by atoms with Crippen LogP contribution in [0.2, 0.25) is 5.02 Å². The summed E-state index contributed by atoms with van der Waals surface area (Å²) in [6, 6.07) is 9.01. The molecule has 0 spiro atoms. The second-order valence-electron chi connectivity index (χ2n) is 5.32. The number of rotatable bonds is 3. The zero-order chi connectivity index (χ0) is 16.3. The van der Waals surface area contributed by atoms with Crippen LogP contribution in [-0.2, 0) is 0 Å². The molecular formula is C17H17ClFNO2. The highest BCUT2D eigenvalue weighted by molar-refractivity contribution is 6.31. The third kappa shape index (κ3) is 3.98. The number of ether oxygens (including phenoxy) is 1. The van der Waals surface area contributed by atoms with Crippen LogP contribution in [0.15, 0.2) is 36.4 Å². The predicted octanol–water partition coefficient (Wildman–Crippen LogP) is 5.52. The van der Waals surface area contributed by atoms with Crippen molar-refractivity contribution in [1.29, 1.82) is 0 Å². The van der Waals surface area contributed by atoms with E-state index in [4.69, 9.17) is 16.3 Å². The number of carbonyl (C=O) groups excluding carboxylic acids is 1. The molecule has 0 atom stereocenters. The van der Waals surface area contributed by atoms with Gasteiger partial charge in [0.1, 0.15) is 11.6 Å². The normalized spacial score (nSPS) is 10.6. The van der Waals surface area contributed by atoms with Gasteiger partial charge in [0.25, 0.3) is 0 Å². The van der Waals surface area contributed by atoms with Crippen molar-refractivity contribution in [3.63, 3.8) is 0 Å². The first-order valence-electron chi connectivity index (χ1n) is 6.91. The average Bonchev–Trinajstić information content (AvgIpc) is 2.44. The monoisotopic (exact) mass is 321 g/mol. The zero-order valence-corrected chi connectivity index (χ0v) is 13.4. The number of nitrogens with one attached hydrogen (secondary N) is 1. The standard InChI is InChI=1S/C17H17ClFNO2/c1-10(2)14-9-15(18)11(3)8-16(14)22-17(21)20-13-6-4-12(19)5-7-13/h4-10H,1-3H3,(H,20,21). The molecule has 2 aromatic rings. The second kappa shape index (κ2) is 6.79. The first kappa shape index (κ1) is 16.3. The lowest BCUT2D eigenvalue weighted by Gasteiger charge is -2.15. The first-order valence-corrected chi connectivity index (χ1v) is 7.29. The molecule has 116 valence electrons. The molecule has 0 aromatic heterocycles. The summed E-state index contributed by atoms with van der Waals surface area (Å²) in [5.74, 6) is 0.262. The SMILES string of the molecule is Cc1cc(OC(=O)Nc2ccc(F)cc2)c(C(C)C)cc1Cl. The van der Waals surface area contributed by atoms with Crippen LogP contribution in [-0.4, -0.2) is 6.09 Å². The Bertz CT molecular complexity index is 684. The third-order valence-corrected chi connectivity index (χ3v) is 3.61. The molecule has 1 N–H and O–H groups in total. The maximum Gasteiger partial charge on any atom is 0.417 e. The molecule has 0 aliphatic rings. The molecule has 2 rings (SSSR count). The maximum atomic E-state index is 12.8. The summed E-state index contributed by atoms with van der Waals surface area (Å²) in [4.78, 5) is 12.0. The Balaban J connectivity index is 2.17. The average molecular weight is 322 g/mol. The van der Waals surface area contributed by atoms with Crippen molar-refractivity contribution in [3.05, 3.63) is 58.4 Å². The molecule has 0 saturated carbocycles. The second-order valence-corrected chi connectivity index (χ2v) is 5.72. The summed E-state index contributed by atoms with van der Waals surface area (Å²) >= 11 is 6.12. The Morgan fingerprint density at radius 1 is 1.23 bits per heavy atom. The molecule has 0 fully saturated rings. The number of anilines is 1. The summed E-state index contributed by atoms with van der Waals surface area (Å²) < 4.78 is 18.2. The number of hydrogen-bond acceptors (Lipinski definition) is 2. The van der Waals surface area contributed by atoms with E-state index >= 15 is 0 Å². The first-order chi connectivity index (χ1) is 10.4. The molecule has 0 aliphatic heterocycles. The highest BCUT2D eigenvalue weighted by Gasteiger charge is 2.14. The Hall–Kier alpha value is -2.07. The lowest BCUT2D eigenvalue weighted by molar-refractivity contribution is 0.214. The number of hydrogen-bond donors (Lipinski definition) is 1. The van der Waals surface area contributed by atoms with Gasteiger partial charge in [-0.25, -0.2) is 9.18 Å². The summed E-state index contributed by atoms with van der Waals surface area (Å²) in [5.41, 5.74) is 2.14. The molecule has 0 bridgehead atoms. The van der Waals surface area contributed by atoms with E-state index in [1.54, 1.807) is 6.07 Å². The van der Waals surface area contributed by atoms with Gasteiger partial charge in [-0.05, 0) is 60.4 Å². The molecule has 0 radical (unpaired) electrons. The Labute approximate surface area is 134 Å². The van der Waals surface area contributed by atoms with E-state index in [2.05, 4.69) is 5.32 Å². The Kier molecular flexibility index (Phi) is 5.03.